The van der Waals surface area contributed by atoms with E-state index in [9.17, 15) is 29.3 Å². The Hall–Kier alpha value is -1.29. The van der Waals surface area contributed by atoms with Crippen LogP contribution in [-0.2, 0) is 32.7 Å². The van der Waals surface area contributed by atoms with Gasteiger partial charge in [0.1, 0.15) is 12.2 Å². The lowest BCUT2D eigenvalue weighted by molar-refractivity contribution is -0.153. The second-order valence-electron chi connectivity index (χ2n) is 12.2. The molecule has 0 rings (SSSR count). The van der Waals surface area contributed by atoms with Crippen molar-refractivity contribution in [2.75, 3.05) is 26.4 Å². The zero-order chi connectivity index (χ0) is 34.1. The van der Waals surface area contributed by atoms with Crippen LogP contribution in [0.3, 0.4) is 0 Å². The summed E-state index contributed by atoms with van der Waals surface area (Å²) in [6.07, 6.45) is 27.0. The summed E-state index contributed by atoms with van der Waals surface area (Å²) in [4.78, 5) is 33.9. The molecule has 0 spiro atoms. The molecule has 272 valence electrons. The fraction of sp³-hybridized carbons (Fsp3) is 0.886. The number of phosphoric acid groups is 1. The van der Waals surface area contributed by atoms with Crippen molar-refractivity contribution in [1.82, 2.24) is 0 Å². The van der Waals surface area contributed by atoms with Crippen LogP contribution < -0.4 is 0 Å². The molecule has 3 atom stereocenters. The number of carbonyl (C=O) groups excluding carboxylic acids is 2. The Morgan fingerprint density at radius 3 is 1.26 bits per heavy atom. The van der Waals surface area contributed by atoms with Crippen molar-refractivity contribution >= 4 is 19.8 Å². The number of esters is 2. The highest BCUT2D eigenvalue weighted by atomic mass is 31.2. The standard InChI is InChI=1S/C35H67O10P/c1-3-5-7-9-10-11-12-13-14-15-16-17-18-19-20-21-22-23-25-27-35(39)45-33(29-37)31-43-46(40,41)42-30-32(28-36)44-34(38)26-24-8-6-4-2/h13-14,32-33,36-37H,3-12,15-31H2,1-2H3,(H,40,41)/b14-13-. The quantitative estimate of drug-likeness (QED) is 0.0262. The van der Waals surface area contributed by atoms with Crippen LogP contribution in [-0.4, -0.2) is 65.7 Å². The largest absolute Gasteiger partial charge is 0.472 e. The number of carbonyl (C=O) groups is 2. The molecule has 3 N–H and O–H groups in total. The van der Waals surface area contributed by atoms with Crippen molar-refractivity contribution in [1.29, 1.82) is 0 Å². The van der Waals surface area contributed by atoms with E-state index in [1.54, 1.807) is 0 Å². The summed E-state index contributed by atoms with van der Waals surface area (Å²) >= 11 is 0. The van der Waals surface area contributed by atoms with E-state index in [4.69, 9.17) is 18.5 Å². The predicted molar refractivity (Wildman–Crippen MR) is 182 cm³/mol. The first kappa shape index (κ1) is 44.7. The van der Waals surface area contributed by atoms with Crippen LogP contribution in [0, 0.1) is 0 Å². The van der Waals surface area contributed by atoms with E-state index < -0.39 is 58.4 Å². The Bertz CT molecular complexity index is 791. The lowest BCUT2D eigenvalue weighted by Gasteiger charge is -2.20. The van der Waals surface area contributed by atoms with Gasteiger partial charge in [0, 0.05) is 12.8 Å². The minimum Gasteiger partial charge on any atom is -0.457 e. The molecular formula is C35H67O10P. The van der Waals surface area contributed by atoms with Gasteiger partial charge in [0.15, 0.2) is 0 Å². The number of rotatable bonds is 34. The van der Waals surface area contributed by atoms with E-state index in [1.807, 2.05) is 0 Å². The summed E-state index contributed by atoms with van der Waals surface area (Å²) in [7, 11) is -4.61. The number of aliphatic hydroxyl groups excluding tert-OH is 2. The lowest BCUT2D eigenvalue weighted by Crippen LogP contribution is -2.28. The van der Waals surface area contributed by atoms with Crippen molar-refractivity contribution in [3.05, 3.63) is 12.2 Å². The average Bonchev–Trinajstić information content (AvgIpc) is 3.04. The van der Waals surface area contributed by atoms with E-state index in [0.29, 0.717) is 12.8 Å². The number of unbranched alkanes of at least 4 members (excludes halogenated alkanes) is 18. The lowest BCUT2D eigenvalue weighted by atomic mass is 10.1. The number of allylic oxidation sites excluding steroid dienone is 2. The fourth-order valence-corrected chi connectivity index (χ4v) is 5.66. The van der Waals surface area contributed by atoms with Gasteiger partial charge in [-0.3, -0.25) is 18.6 Å². The highest BCUT2D eigenvalue weighted by Crippen LogP contribution is 2.43. The molecule has 0 aliphatic heterocycles. The van der Waals surface area contributed by atoms with Crippen LogP contribution in [0.25, 0.3) is 0 Å². The summed E-state index contributed by atoms with van der Waals surface area (Å²) in [5.41, 5.74) is 0. The van der Waals surface area contributed by atoms with Gasteiger partial charge >= 0.3 is 19.8 Å². The summed E-state index contributed by atoms with van der Waals surface area (Å²) in [5, 5.41) is 18.9. The molecule has 0 radical (unpaired) electrons. The maximum absolute atomic E-state index is 12.2. The van der Waals surface area contributed by atoms with Crippen molar-refractivity contribution in [2.24, 2.45) is 0 Å². The van der Waals surface area contributed by atoms with Crippen molar-refractivity contribution in [3.8, 4) is 0 Å². The molecule has 46 heavy (non-hydrogen) atoms. The van der Waals surface area contributed by atoms with Gasteiger partial charge in [0.05, 0.1) is 26.4 Å². The minimum absolute atomic E-state index is 0.186. The van der Waals surface area contributed by atoms with Crippen molar-refractivity contribution in [3.63, 3.8) is 0 Å². The number of aliphatic hydroxyl groups is 2. The van der Waals surface area contributed by atoms with Gasteiger partial charge in [-0.1, -0.05) is 122 Å². The molecule has 0 aromatic carbocycles. The zero-order valence-electron chi connectivity index (χ0n) is 29.0. The molecular weight excluding hydrogens is 611 g/mol. The van der Waals surface area contributed by atoms with Crippen LogP contribution in [0.5, 0.6) is 0 Å². The van der Waals surface area contributed by atoms with Gasteiger partial charge in [-0.2, -0.15) is 0 Å². The zero-order valence-corrected chi connectivity index (χ0v) is 29.9. The smallest absolute Gasteiger partial charge is 0.457 e. The summed E-state index contributed by atoms with van der Waals surface area (Å²) < 4.78 is 32.1. The molecule has 0 aromatic rings. The molecule has 3 unspecified atom stereocenters. The van der Waals surface area contributed by atoms with E-state index in [-0.39, 0.29) is 12.8 Å². The van der Waals surface area contributed by atoms with Gasteiger partial charge in [-0.05, 0) is 38.5 Å². The molecule has 0 amide bonds. The Labute approximate surface area is 279 Å². The number of hydrogen-bond acceptors (Lipinski definition) is 9. The second-order valence-corrected chi connectivity index (χ2v) is 13.7. The number of ether oxygens (including phenoxy) is 2. The van der Waals surface area contributed by atoms with Crippen molar-refractivity contribution < 1.29 is 47.8 Å². The van der Waals surface area contributed by atoms with Crippen LogP contribution in [0.2, 0.25) is 0 Å². The number of hydrogen-bond donors (Lipinski definition) is 3. The molecule has 0 fully saturated rings. The summed E-state index contributed by atoms with van der Waals surface area (Å²) in [6.45, 7) is 2.04. The van der Waals surface area contributed by atoms with Gasteiger partial charge in [-0.15, -0.1) is 0 Å². The van der Waals surface area contributed by atoms with Crippen LogP contribution >= 0.6 is 7.82 Å². The topological polar surface area (TPSA) is 149 Å². The Kier molecular flexibility index (Phi) is 31.4. The monoisotopic (exact) mass is 678 g/mol. The molecule has 11 heteroatoms. The van der Waals surface area contributed by atoms with E-state index in [1.165, 1.54) is 83.5 Å². The Morgan fingerprint density at radius 1 is 0.565 bits per heavy atom. The van der Waals surface area contributed by atoms with E-state index in [2.05, 4.69) is 26.0 Å². The average molecular weight is 679 g/mol. The Balaban J connectivity index is 3.85. The predicted octanol–water partition coefficient (Wildman–Crippen LogP) is 8.50. The molecule has 0 saturated heterocycles. The van der Waals surface area contributed by atoms with E-state index in [0.717, 1.165) is 38.5 Å². The van der Waals surface area contributed by atoms with Gasteiger partial charge < -0.3 is 24.6 Å². The van der Waals surface area contributed by atoms with Crippen LogP contribution in [0.4, 0.5) is 0 Å². The summed E-state index contributed by atoms with van der Waals surface area (Å²) in [5.74, 6) is -1.04. The fourth-order valence-electron chi connectivity index (χ4n) is 4.87. The van der Waals surface area contributed by atoms with Crippen LogP contribution in [0.1, 0.15) is 162 Å². The molecule has 10 nitrogen and oxygen atoms in total. The highest BCUT2D eigenvalue weighted by molar-refractivity contribution is 7.47. The minimum atomic E-state index is -4.61. The maximum atomic E-state index is 12.2. The Morgan fingerprint density at radius 2 is 0.891 bits per heavy atom. The molecule has 0 aliphatic carbocycles. The molecule has 0 aromatic heterocycles. The summed E-state index contributed by atoms with van der Waals surface area (Å²) in [6, 6.07) is 0. The first-order valence-corrected chi connectivity index (χ1v) is 19.6. The maximum Gasteiger partial charge on any atom is 0.472 e. The number of phosphoric ester groups is 1. The third-order valence-electron chi connectivity index (χ3n) is 7.73. The van der Waals surface area contributed by atoms with Crippen LogP contribution in [0.15, 0.2) is 12.2 Å². The van der Waals surface area contributed by atoms with Gasteiger partial charge in [0.2, 0.25) is 0 Å². The molecule has 0 bridgehead atoms. The molecule has 0 heterocycles. The third-order valence-corrected chi connectivity index (χ3v) is 8.68. The SMILES string of the molecule is CCCCCCCC/C=C\CCCCCCCCCCCC(=O)OC(CO)COP(=O)(O)OCC(CO)OC(=O)CCCCCC. The third kappa shape index (κ3) is 30.1. The first-order valence-electron chi connectivity index (χ1n) is 18.1. The van der Waals surface area contributed by atoms with Crippen molar-refractivity contribution in [2.45, 2.75) is 174 Å². The molecule has 0 aliphatic rings. The van der Waals surface area contributed by atoms with E-state index >= 15 is 0 Å². The van der Waals surface area contributed by atoms with Gasteiger partial charge in [0.25, 0.3) is 0 Å². The first-order chi connectivity index (χ1) is 22.3. The van der Waals surface area contributed by atoms with Gasteiger partial charge in [-0.25, -0.2) is 4.57 Å². The normalized spacial score (nSPS) is 14.3. The second kappa shape index (κ2) is 32.3. The molecule has 0 saturated carbocycles. The highest BCUT2D eigenvalue weighted by Gasteiger charge is 2.27.